The second kappa shape index (κ2) is 8.62. The maximum atomic E-state index is 12.4. The van der Waals surface area contributed by atoms with Gasteiger partial charge in [0.1, 0.15) is 11.4 Å². The number of halogens is 1. The molecule has 1 aromatic carbocycles. The maximum Gasteiger partial charge on any atom is 0.274 e. The molecule has 2 amide bonds. The zero-order valence-corrected chi connectivity index (χ0v) is 15.4. The van der Waals surface area contributed by atoms with Crippen LogP contribution in [0.5, 0.6) is 0 Å². The van der Waals surface area contributed by atoms with Crippen LogP contribution in [0.15, 0.2) is 36.4 Å². The van der Waals surface area contributed by atoms with Gasteiger partial charge in [-0.2, -0.15) is 0 Å². The fourth-order valence-electron chi connectivity index (χ4n) is 2.17. The Kier molecular flexibility index (Phi) is 6.53. The molecule has 0 saturated carbocycles. The number of hydrogen-bond donors (Lipinski definition) is 2. The topological polar surface area (TPSA) is 71.1 Å². The minimum Gasteiger partial charge on any atom is -0.351 e. The Morgan fingerprint density at radius 2 is 1.80 bits per heavy atom. The number of amides is 2. The summed E-state index contributed by atoms with van der Waals surface area (Å²) in [5.74, 6) is -0.164. The summed E-state index contributed by atoms with van der Waals surface area (Å²) in [7, 11) is 0. The lowest BCUT2D eigenvalue weighted by Gasteiger charge is -2.10. The highest BCUT2D eigenvalue weighted by atomic mass is 35.5. The summed E-state index contributed by atoms with van der Waals surface area (Å²) in [6.45, 7) is 6.63. The molecule has 0 fully saturated rings. The zero-order chi connectivity index (χ0) is 18.4. The van der Waals surface area contributed by atoms with Crippen LogP contribution in [0.1, 0.15) is 46.8 Å². The normalized spacial score (nSPS) is 10.6. The summed E-state index contributed by atoms with van der Waals surface area (Å²) in [6, 6.07) is 10.1. The van der Waals surface area contributed by atoms with Gasteiger partial charge in [-0.3, -0.25) is 9.59 Å². The molecule has 0 unspecified atom stereocenters. The summed E-state index contributed by atoms with van der Waals surface area (Å²) in [6.07, 6.45) is 0.889. The van der Waals surface area contributed by atoms with Crippen LogP contribution in [0.4, 0.5) is 5.69 Å². The molecule has 0 saturated heterocycles. The quantitative estimate of drug-likeness (QED) is 0.816. The molecule has 25 heavy (non-hydrogen) atoms. The van der Waals surface area contributed by atoms with Gasteiger partial charge in [0.05, 0.1) is 0 Å². The monoisotopic (exact) mass is 359 g/mol. The molecule has 2 aromatic rings. The third-order valence-electron chi connectivity index (χ3n) is 3.67. The van der Waals surface area contributed by atoms with Crippen molar-refractivity contribution in [3.05, 3.63) is 58.4 Å². The Balaban J connectivity index is 2.08. The lowest BCUT2D eigenvalue weighted by Crippen LogP contribution is -2.27. The lowest BCUT2D eigenvalue weighted by molar-refractivity contribution is 0.0947. The van der Waals surface area contributed by atoms with Crippen LogP contribution in [0.3, 0.4) is 0 Å². The van der Waals surface area contributed by atoms with E-state index in [0.29, 0.717) is 23.2 Å². The van der Waals surface area contributed by atoms with Crippen LogP contribution >= 0.6 is 11.6 Å². The van der Waals surface area contributed by atoms with Crippen molar-refractivity contribution >= 4 is 29.1 Å². The van der Waals surface area contributed by atoms with E-state index in [1.165, 1.54) is 0 Å². The number of benzene rings is 1. The van der Waals surface area contributed by atoms with Crippen molar-refractivity contribution in [3.63, 3.8) is 0 Å². The standard InChI is InChI=1S/C19H22ClN3O2/c1-12(2)9-10-21-18(24)15-5-4-6-16(22-15)19(25)23-17-11-14(20)8-7-13(17)3/h4-8,11-12H,9-10H2,1-3H3,(H,21,24)(H,23,25). The van der Waals surface area contributed by atoms with Gasteiger partial charge in [0.2, 0.25) is 0 Å². The SMILES string of the molecule is Cc1ccc(Cl)cc1NC(=O)c1cccc(C(=O)NCCC(C)C)n1. The van der Waals surface area contributed by atoms with Crippen LogP contribution in [-0.2, 0) is 0 Å². The van der Waals surface area contributed by atoms with E-state index in [2.05, 4.69) is 29.5 Å². The molecule has 0 atom stereocenters. The number of carbonyl (C=O) groups is 2. The number of hydrogen-bond acceptors (Lipinski definition) is 3. The van der Waals surface area contributed by atoms with E-state index in [1.807, 2.05) is 13.0 Å². The molecule has 2 N–H and O–H groups in total. The molecule has 0 aliphatic heterocycles. The first kappa shape index (κ1) is 18.9. The number of nitrogens with one attached hydrogen (secondary N) is 2. The number of anilines is 1. The van der Waals surface area contributed by atoms with E-state index in [9.17, 15) is 9.59 Å². The lowest BCUT2D eigenvalue weighted by atomic mass is 10.1. The fourth-order valence-corrected chi connectivity index (χ4v) is 2.34. The van der Waals surface area contributed by atoms with Gasteiger partial charge in [0.15, 0.2) is 0 Å². The van der Waals surface area contributed by atoms with E-state index >= 15 is 0 Å². The van der Waals surface area contributed by atoms with Crippen molar-refractivity contribution in [1.29, 1.82) is 0 Å². The average Bonchev–Trinajstić information content (AvgIpc) is 2.57. The van der Waals surface area contributed by atoms with Gasteiger partial charge < -0.3 is 10.6 Å². The maximum absolute atomic E-state index is 12.4. The van der Waals surface area contributed by atoms with Crippen LogP contribution in [-0.4, -0.2) is 23.3 Å². The van der Waals surface area contributed by atoms with Gasteiger partial charge in [-0.25, -0.2) is 4.98 Å². The molecule has 0 aliphatic carbocycles. The summed E-state index contributed by atoms with van der Waals surface area (Å²) >= 11 is 5.96. The molecular weight excluding hydrogens is 338 g/mol. The molecule has 0 radical (unpaired) electrons. The molecule has 1 aromatic heterocycles. The molecule has 0 spiro atoms. The molecule has 0 bridgehead atoms. The highest BCUT2D eigenvalue weighted by molar-refractivity contribution is 6.31. The molecule has 132 valence electrons. The fraction of sp³-hybridized carbons (Fsp3) is 0.316. The summed E-state index contributed by atoms with van der Waals surface area (Å²) in [4.78, 5) is 28.7. The highest BCUT2D eigenvalue weighted by Gasteiger charge is 2.13. The molecule has 1 heterocycles. The first-order valence-electron chi connectivity index (χ1n) is 8.19. The van der Waals surface area contributed by atoms with Gasteiger partial charge in [0.25, 0.3) is 11.8 Å². The van der Waals surface area contributed by atoms with Crippen molar-refractivity contribution < 1.29 is 9.59 Å². The third-order valence-corrected chi connectivity index (χ3v) is 3.90. The first-order chi connectivity index (χ1) is 11.9. The van der Waals surface area contributed by atoms with E-state index in [-0.39, 0.29) is 23.2 Å². The summed E-state index contributed by atoms with van der Waals surface area (Å²) in [5.41, 5.74) is 1.90. The van der Waals surface area contributed by atoms with Crippen LogP contribution < -0.4 is 10.6 Å². The van der Waals surface area contributed by atoms with Crippen molar-refractivity contribution in [2.45, 2.75) is 27.2 Å². The molecule has 0 aliphatic rings. The van der Waals surface area contributed by atoms with E-state index in [0.717, 1.165) is 12.0 Å². The average molecular weight is 360 g/mol. The van der Waals surface area contributed by atoms with E-state index < -0.39 is 0 Å². The van der Waals surface area contributed by atoms with Gasteiger partial charge >= 0.3 is 0 Å². The number of carbonyl (C=O) groups excluding carboxylic acids is 2. The summed E-state index contributed by atoms with van der Waals surface area (Å²) in [5, 5.41) is 6.12. The van der Waals surface area contributed by atoms with Crippen molar-refractivity contribution in [2.24, 2.45) is 5.92 Å². The Hall–Kier alpha value is -2.40. The molecule has 2 rings (SSSR count). The number of aryl methyl sites for hydroxylation is 1. The molecular formula is C19H22ClN3O2. The molecule has 6 heteroatoms. The van der Waals surface area contributed by atoms with Gasteiger partial charge in [-0.05, 0) is 49.1 Å². The van der Waals surface area contributed by atoms with Crippen LogP contribution in [0.2, 0.25) is 5.02 Å². The Labute approximate surface area is 152 Å². The highest BCUT2D eigenvalue weighted by Crippen LogP contribution is 2.20. The van der Waals surface area contributed by atoms with E-state index in [1.54, 1.807) is 30.3 Å². The van der Waals surface area contributed by atoms with Crippen LogP contribution in [0.25, 0.3) is 0 Å². The number of pyridine rings is 1. The van der Waals surface area contributed by atoms with Crippen molar-refractivity contribution in [2.75, 3.05) is 11.9 Å². The Morgan fingerprint density at radius 3 is 2.48 bits per heavy atom. The minimum absolute atomic E-state index is 0.177. The van der Waals surface area contributed by atoms with Gasteiger partial charge in [-0.15, -0.1) is 0 Å². The van der Waals surface area contributed by atoms with Crippen molar-refractivity contribution in [3.8, 4) is 0 Å². The second-order valence-electron chi connectivity index (χ2n) is 6.26. The largest absolute Gasteiger partial charge is 0.351 e. The molecule has 5 nitrogen and oxygen atoms in total. The number of nitrogens with zero attached hydrogens (tertiary/aromatic N) is 1. The Bertz CT molecular complexity index is 775. The third kappa shape index (κ3) is 5.57. The van der Waals surface area contributed by atoms with Crippen LogP contribution in [0, 0.1) is 12.8 Å². The van der Waals surface area contributed by atoms with E-state index in [4.69, 9.17) is 11.6 Å². The van der Waals surface area contributed by atoms with Gasteiger partial charge in [0, 0.05) is 17.3 Å². The first-order valence-corrected chi connectivity index (χ1v) is 8.57. The predicted molar refractivity (Wildman–Crippen MR) is 100 cm³/mol. The zero-order valence-electron chi connectivity index (χ0n) is 14.6. The minimum atomic E-state index is -0.387. The smallest absolute Gasteiger partial charge is 0.274 e. The Morgan fingerprint density at radius 1 is 1.12 bits per heavy atom. The van der Waals surface area contributed by atoms with Gasteiger partial charge in [-0.1, -0.05) is 37.6 Å². The number of aromatic nitrogens is 1. The second-order valence-corrected chi connectivity index (χ2v) is 6.70. The number of rotatable bonds is 6. The summed E-state index contributed by atoms with van der Waals surface area (Å²) < 4.78 is 0. The predicted octanol–water partition coefficient (Wildman–Crippen LogP) is 4.07. The van der Waals surface area contributed by atoms with Crippen molar-refractivity contribution in [1.82, 2.24) is 10.3 Å².